The predicted molar refractivity (Wildman–Crippen MR) is 102 cm³/mol. The molecule has 15 heteroatoms. The first-order chi connectivity index (χ1) is 14.7. The maximum Gasteiger partial charge on any atom is 0.198 e. The summed E-state index contributed by atoms with van der Waals surface area (Å²) in [6.45, 7) is -1.10. The summed E-state index contributed by atoms with van der Waals surface area (Å²) in [6, 6.07) is -1.22. The summed E-state index contributed by atoms with van der Waals surface area (Å²) >= 11 is 0. The SMILES string of the molecule is BNC1CC(N)C(OC2OC(CO)[C@@H](O)N[C@H]2O)C(OC2OC(CO)C(O)C2O)C1O. The normalized spacial score (nSPS) is 51.2. The van der Waals surface area contributed by atoms with Crippen LogP contribution in [0.3, 0.4) is 0 Å². The molecule has 3 fully saturated rings. The van der Waals surface area contributed by atoms with Gasteiger partial charge in [0.1, 0.15) is 42.9 Å². The van der Waals surface area contributed by atoms with Gasteiger partial charge >= 0.3 is 0 Å². The van der Waals surface area contributed by atoms with E-state index in [0.717, 1.165) is 0 Å². The van der Waals surface area contributed by atoms with Crippen LogP contribution in [0.1, 0.15) is 6.42 Å². The minimum Gasteiger partial charge on any atom is -0.394 e. The average Bonchev–Trinajstić information content (AvgIpc) is 3.02. The third kappa shape index (κ3) is 5.20. The largest absolute Gasteiger partial charge is 0.394 e. The van der Waals surface area contributed by atoms with Gasteiger partial charge in [0.25, 0.3) is 0 Å². The Labute approximate surface area is 179 Å². The Kier molecular flexibility index (Phi) is 8.61. The van der Waals surface area contributed by atoms with Gasteiger partial charge in [-0.3, -0.25) is 5.32 Å². The molecule has 180 valence electrons. The van der Waals surface area contributed by atoms with Crippen molar-refractivity contribution >= 4 is 7.98 Å². The molecule has 2 heterocycles. The molecule has 2 aliphatic heterocycles. The topological polar surface area (TPSA) is 229 Å². The van der Waals surface area contributed by atoms with E-state index in [0.29, 0.717) is 0 Å². The molecule has 0 aromatic rings. The van der Waals surface area contributed by atoms with E-state index in [1.165, 1.54) is 0 Å². The fraction of sp³-hybridized carbons (Fsp3) is 1.00. The van der Waals surface area contributed by atoms with Crippen molar-refractivity contribution in [2.45, 2.75) is 86.3 Å². The van der Waals surface area contributed by atoms with E-state index in [1.807, 2.05) is 0 Å². The second kappa shape index (κ2) is 10.6. The van der Waals surface area contributed by atoms with E-state index >= 15 is 0 Å². The van der Waals surface area contributed by atoms with E-state index in [2.05, 4.69) is 10.5 Å². The third-order valence-electron chi connectivity index (χ3n) is 5.91. The molecule has 0 aromatic carbocycles. The summed E-state index contributed by atoms with van der Waals surface area (Å²) in [5.74, 6) is 0. The molecule has 1 saturated carbocycles. The third-order valence-corrected chi connectivity index (χ3v) is 5.91. The zero-order valence-electron chi connectivity index (χ0n) is 17.0. The smallest absolute Gasteiger partial charge is 0.198 e. The van der Waals surface area contributed by atoms with Crippen molar-refractivity contribution in [2.24, 2.45) is 5.73 Å². The fourth-order valence-corrected chi connectivity index (χ4v) is 4.08. The van der Waals surface area contributed by atoms with Gasteiger partial charge in [-0.1, -0.05) is 0 Å². The number of morpholine rings is 1. The number of aliphatic hydroxyl groups is 7. The molecular formula is C16H32BN3O11. The molecule has 11 unspecified atom stereocenters. The molecule has 3 rings (SSSR count). The van der Waals surface area contributed by atoms with Crippen molar-refractivity contribution in [2.75, 3.05) is 13.2 Å². The Hall–Kier alpha value is -0.495. The molecule has 3 aliphatic rings. The van der Waals surface area contributed by atoms with Crippen molar-refractivity contribution in [1.82, 2.24) is 10.5 Å². The van der Waals surface area contributed by atoms with Crippen LogP contribution in [-0.4, -0.2) is 137 Å². The molecule has 1 aliphatic carbocycles. The van der Waals surface area contributed by atoms with Crippen molar-refractivity contribution in [1.29, 1.82) is 0 Å². The first kappa shape index (κ1) is 25.1. The van der Waals surface area contributed by atoms with Crippen molar-refractivity contribution < 1.29 is 54.7 Å². The lowest BCUT2D eigenvalue weighted by Crippen LogP contribution is -2.67. The lowest BCUT2D eigenvalue weighted by molar-refractivity contribution is -0.323. The maximum atomic E-state index is 10.8. The molecule has 2 saturated heterocycles. The van der Waals surface area contributed by atoms with Gasteiger partial charge < -0.3 is 65.7 Å². The number of rotatable bonds is 7. The molecule has 0 aromatic heterocycles. The first-order valence-corrected chi connectivity index (χ1v) is 10.1. The van der Waals surface area contributed by atoms with E-state index < -0.39 is 93.1 Å². The van der Waals surface area contributed by atoms with Gasteiger partial charge in [-0.15, -0.1) is 0 Å². The van der Waals surface area contributed by atoms with Crippen LogP contribution in [0.4, 0.5) is 0 Å². The molecule has 13 atom stereocenters. The highest BCUT2D eigenvalue weighted by atomic mass is 16.7. The standard InChI is InChI=1S/C16H32BN3O11/c17-20-5-1-4(18)11(30-16-14(27)19-13(26)7(3-22)29-16)12(8(5)23)31-15-10(25)9(24)6(2-21)28-15/h4-16,19-27H,1-3,17-18H2/t4?,5?,6?,7?,8?,9?,10?,11?,12?,13-,14+,15?,16?/m1/s1. The summed E-state index contributed by atoms with van der Waals surface area (Å²) < 4.78 is 22.3. The van der Waals surface area contributed by atoms with Gasteiger partial charge in [0.2, 0.25) is 0 Å². The zero-order valence-corrected chi connectivity index (χ0v) is 17.0. The van der Waals surface area contributed by atoms with Gasteiger partial charge in [-0.2, -0.15) is 0 Å². The highest BCUT2D eigenvalue weighted by molar-refractivity contribution is 6.04. The molecule has 0 bridgehead atoms. The van der Waals surface area contributed by atoms with Gasteiger partial charge in [-0.05, 0) is 6.42 Å². The molecule has 0 radical (unpaired) electrons. The van der Waals surface area contributed by atoms with Crippen LogP contribution in [0.15, 0.2) is 0 Å². The minimum atomic E-state index is -1.50. The summed E-state index contributed by atoms with van der Waals surface area (Å²) in [7, 11) is 1.62. The number of nitrogens with two attached hydrogens (primary N) is 1. The van der Waals surface area contributed by atoms with Crippen molar-refractivity contribution in [3.05, 3.63) is 0 Å². The molecule has 31 heavy (non-hydrogen) atoms. The highest BCUT2D eigenvalue weighted by Gasteiger charge is 2.51. The van der Waals surface area contributed by atoms with Crippen LogP contribution < -0.4 is 16.3 Å². The average molecular weight is 453 g/mol. The number of nitrogens with one attached hydrogen (secondary N) is 2. The first-order valence-electron chi connectivity index (χ1n) is 10.1. The Balaban J connectivity index is 1.77. The second-order valence-electron chi connectivity index (χ2n) is 7.98. The predicted octanol–water partition coefficient (Wildman–Crippen LogP) is -7.26. The van der Waals surface area contributed by atoms with Gasteiger partial charge in [0.15, 0.2) is 26.8 Å². The van der Waals surface area contributed by atoms with Crippen molar-refractivity contribution in [3.8, 4) is 0 Å². The quantitative estimate of drug-likeness (QED) is 0.162. The molecule has 11 N–H and O–H groups in total. The van der Waals surface area contributed by atoms with Crippen LogP contribution in [0.25, 0.3) is 0 Å². The summed E-state index contributed by atoms with van der Waals surface area (Å²) in [6.07, 6.45) is -13.8. The van der Waals surface area contributed by atoms with Crippen LogP contribution in [-0.2, 0) is 18.9 Å². The number of hydrogen-bond donors (Lipinski definition) is 10. The second-order valence-corrected chi connectivity index (χ2v) is 7.98. The Bertz CT molecular complexity index is 583. The lowest BCUT2D eigenvalue weighted by Gasteiger charge is -2.47. The summed E-state index contributed by atoms with van der Waals surface area (Å²) in [5.41, 5.74) is 6.24. The molecule has 0 spiro atoms. The van der Waals surface area contributed by atoms with Crippen LogP contribution in [0, 0.1) is 0 Å². The molecular weight excluding hydrogens is 421 g/mol. The van der Waals surface area contributed by atoms with Crippen LogP contribution in [0.2, 0.25) is 0 Å². The van der Waals surface area contributed by atoms with Crippen LogP contribution >= 0.6 is 0 Å². The van der Waals surface area contributed by atoms with E-state index in [1.54, 1.807) is 7.98 Å². The summed E-state index contributed by atoms with van der Waals surface area (Å²) in [4.78, 5) is 0. The van der Waals surface area contributed by atoms with E-state index in [-0.39, 0.29) is 6.42 Å². The van der Waals surface area contributed by atoms with E-state index in [9.17, 15) is 35.7 Å². The zero-order chi connectivity index (χ0) is 22.9. The Morgan fingerprint density at radius 2 is 1.48 bits per heavy atom. The van der Waals surface area contributed by atoms with Crippen LogP contribution in [0.5, 0.6) is 0 Å². The number of aliphatic hydroxyl groups excluding tert-OH is 7. The van der Waals surface area contributed by atoms with Crippen molar-refractivity contribution in [3.63, 3.8) is 0 Å². The minimum absolute atomic E-state index is 0.264. The molecule has 14 nitrogen and oxygen atoms in total. The van der Waals surface area contributed by atoms with E-state index in [4.69, 9.17) is 24.7 Å². The highest BCUT2D eigenvalue weighted by Crippen LogP contribution is 2.31. The molecule has 0 amide bonds. The Morgan fingerprint density at radius 3 is 2.06 bits per heavy atom. The number of hydrogen-bond acceptors (Lipinski definition) is 14. The lowest BCUT2D eigenvalue weighted by atomic mass is 9.83. The fourth-order valence-electron chi connectivity index (χ4n) is 4.08. The van der Waals surface area contributed by atoms with Gasteiger partial charge in [0, 0.05) is 12.1 Å². The monoisotopic (exact) mass is 453 g/mol. The number of ether oxygens (including phenoxy) is 4. The Morgan fingerprint density at radius 1 is 0.871 bits per heavy atom. The van der Waals surface area contributed by atoms with Gasteiger partial charge in [-0.25, -0.2) is 0 Å². The van der Waals surface area contributed by atoms with Gasteiger partial charge in [0.05, 0.1) is 19.3 Å². The maximum absolute atomic E-state index is 10.8. The summed E-state index contributed by atoms with van der Waals surface area (Å²) in [5, 5.41) is 74.8.